The van der Waals surface area contributed by atoms with Crippen molar-refractivity contribution in [2.24, 2.45) is 5.92 Å². The summed E-state index contributed by atoms with van der Waals surface area (Å²) in [5.74, 6) is 0.736. The molecule has 2 rings (SSSR count). The van der Waals surface area contributed by atoms with E-state index in [1.165, 1.54) is 38.0 Å². The van der Waals surface area contributed by atoms with Gasteiger partial charge in [-0.15, -0.1) is 0 Å². The van der Waals surface area contributed by atoms with Gasteiger partial charge < -0.3 is 0 Å². The second-order valence-electron chi connectivity index (χ2n) is 5.60. The van der Waals surface area contributed by atoms with Crippen LogP contribution in [0.2, 0.25) is 0 Å². The Hall–Kier alpha value is -0.890. The van der Waals surface area contributed by atoms with Gasteiger partial charge in [0.05, 0.1) is 11.7 Å². The van der Waals surface area contributed by atoms with E-state index in [0.717, 1.165) is 11.6 Å². The van der Waals surface area contributed by atoms with Crippen LogP contribution >= 0.6 is 0 Å². The predicted octanol–water partition coefficient (Wildman–Crippen LogP) is 3.57. The second kappa shape index (κ2) is 5.63. The molecular formula is C15H24N2. The average Bonchev–Trinajstić information content (AvgIpc) is 2.29. The molecule has 0 aliphatic carbocycles. The first-order valence-corrected chi connectivity index (χ1v) is 6.84. The standard InChI is InChI=1S/C15H24N2/c1-12(2)11-17-10-5-4-9-15(17)14-8-6-7-13(3)16-14/h6-8,12,15H,4-5,9-11H2,1-3H3. The van der Waals surface area contributed by atoms with Crippen LogP contribution in [-0.4, -0.2) is 23.0 Å². The number of aromatic nitrogens is 1. The molecule has 1 aromatic rings. The molecule has 0 N–H and O–H groups in total. The van der Waals surface area contributed by atoms with Gasteiger partial charge in [0.2, 0.25) is 0 Å². The molecule has 0 amide bonds. The summed E-state index contributed by atoms with van der Waals surface area (Å²) in [6.07, 6.45) is 3.95. The lowest BCUT2D eigenvalue weighted by Crippen LogP contribution is -2.36. The highest BCUT2D eigenvalue weighted by molar-refractivity contribution is 5.14. The molecule has 94 valence electrons. The molecule has 0 bridgehead atoms. The molecule has 0 aromatic carbocycles. The first-order chi connectivity index (χ1) is 8.16. The fourth-order valence-electron chi connectivity index (χ4n) is 2.76. The minimum absolute atomic E-state index is 0.547. The fraction of sp³-hybridized carbons (Fsp3) is 0.667. The molecule has 1 fully saturated rings. The van der Waals surface area contributed by atoms with Gasteiger partial charge in [0, 0.05) is 12.2 Å². The van der Waals surface area contributed by atoms with Crippen molar-refractivity contribution in [1.29, 1.82) is 0 Å². The number of aryl methyl sites for hydroxylation is 1. The van der Waals surface area contributed by atoms with Gasteiger partial charge in [0.1, 0.15) is 0 Å². The minimum Gasteiger partial charge on any atom is -0.295 e. The van der Waals surface area contributed by atoms with Gasteiger partial charge in [-0.1, -0.05) is 26.3 Å². The van der Waals surface area contributed by atoms with E-state index in [2.05, 4.69) is 43.9 Å². The summed E-state index contributed by atoms with van der Waals surface area (Å²) in [4.78, 5) is 7.33. The lowest BCUT2D eigenvalue weighted by atomic mass is 9.97. The van der Waals surface area contributed by atoms with E-state index in [9.17, 15) is 0 Å². The van der Waals surface area contributed by atoms with E-state index in [-0.39, 0.29) is 0 Å². The molecule has 1 aliphatic rings. The van der Waals surface area contributed by atoms with Gasteiger partial charge in [-0.3, -0.25) is 9.88 Å². The van der Waals surface area contributed by atoms with Crippen molar-refractivity contribution in [3.63, 3.8) is 0 Å². The van der Waals surface area contributed by atoms with Crippen LogP contribution in [0.1, 0.15) is 50.5 Å². The Bertz CT molecular complexity index is 360. The Morgan fingerprint density at radius 1 is 1.35 bits per heavy atom. The number of rotatable bonds is 3. The Morgan fingerprint density at radius 2 is 2.18 bits per heavy atom. The molecule has 1 saturated heterocycles. The zero-order chi connectivity index (χ0) is 12.3. The van der Waals surface area contributed by atoms with E-state index in [4.69, 9.17) is 4.98 Å². The summed E-state index contributed by atoms with van der Waals surface area (Å²) < 4.78 is 0. The summed E-state index contributed by atoms with van der Waals surface area (Å²) in [6, 6.07) is 6.96. The molecule has 1 unspecified atom stereocenters. The minimum atomic E-state index is 0.547. The summed E-state index contributed by atoms with van der Waals surface area (Å²) in [5.41, 5.74) is 2.41. The number of pyridine rings is 1. The second-order valence-corrected chi connectivity index (χ2v) is 5.60. The van der Waals surface area contributed by atoms with Gasteiger partial charge in [0.25, 0.3) is 0 Å². The number of hydrogen-bond acceptors (Lipinski definition) is 2. The number of likely N-dealkylation sites (tertiary alicyclic amines) is 1. The van der Waals surface area contributed by atoms with Gasteiger partial charge >= 0.3 is 0 Å². The Labute approximate surface area is 105 Å². The average molecular weight is 232 g/mol. The Morgan fingerprint density at radius 3 is 2.88 bits per heavy atom. The van der Waals surface area contributed by atoms with Crippen LogP contribution in [0.4, 0.5) is 0 Å². The molecular weight excluding hydrogens is 208 g/mol. The van der Waals surface area contributed by atoms with Crippen molar-refractivity contribution in [3.05, 3.63) is 29.6 Å². The summed E-state index contributed by atoms with van der Waals surface area (Å²) in [6.45, 7) is 9.11. The zero-order valence-electron chi connectivity index (χ0n) is 11.3. The number of nitrogens with zero attached hydrogens (tertiary/aromatic N) is 2. The topological polar surface area (TPSA) is 16.1 Å². The van der Waals surface area contributed by atoms with Crippen LogP contribution in [0, 0.1) is 12.8 Å². The third-order valence-corrected chi connectivity index (χ3v) is 3.46. The van der Waals surface area contributed by atoms with Gasteiger partial charge in [-0.2, -0.15) is 0 Å². The van der Waals surface area contributed by atoms with Crippen molar-refractivity contribution in [2.45, 2.75) is 46.1 Å². The zero-order valence-corrected chi connectivity index (χ0v) is 11.3. The lowest BCUT2D eigenvalue weighted by Gasteiger charge is -2.36. The first-order valence-electron chi connectivity index (χ1n) is 6.84. The molecule has 0 spiro atoms. The lowest BCUT2D eigenvalue weighted by molar-refractivity contribution is 0.129. The third kappa shape index (κ3) is 3.29. The van der Waals surface area contributed by atoms with E-state index in [1.54, 1.807) is 0 Å². The molecule has 1 aromatic heterocycles. The normalized spacial score (nSPS) is 22.0. The molecule has 2 heteroatoms. The monoisotopic (exact) mass is 232 g/mol. The highest BCUT2D eigenvalue weighted by Gasteiger charge is 2.25. The van der Waals surface area contributed by atoms with Crippen molar-refractivity contribution in [3.8, 4) is 0 Å². The Kier molecular flexibility index (Phi) is 4.16. The van der Waals surface area contributed by atoms with Gasteiger partial charge in [-0.25, -0.2) is 0 Å². The summed E-state index contributed by atoms with van der Waals surface area (Å²) in [7, 11) is 0. The molecule has 1 aliphatic heterocycles. The van der Waals surface area contributed by atoms with Crippen molar-refractivity contribution in [2.75, 3.05) is 13.1 Å². The van der Waals surface area contributed by atoms with Crippen LogP contribution in [0.3, 0.4) is 0 Å². The number of hydrogen-bond donors (Lipinski definition) is 0. The van der Waals surface area contributed by atoms with Crippen molar-refractivity contribution in [1.82, 2.24) is 9.88 Å². The maximum atomic E-state index is 4.71. The fourth-order valence-corrected chi connectivity index (χ4v) is 2.76. The van der Waals surface area contributed by atoms with Crippen LogP contribution in [0.5, 0.6) is 0 Å². The number of piperidine rings is 1. The molecule has 2 nitrogen and oxygen atoms in total. The summed E-state index contributed by atoms with van der Waals surface area (Å²) >= 11 is 0. The van der Waals surface area contributed by atoms with E-state index in [0.29, 0.717) is 6.04 Å². The van der Waals surface area contributed by atoms with E-state index >= 15 is 0 Å². The third-order valence-electron chi connectivity index (χ3n) is 3.46. The Balaban J connectivity index is 2.15. The molecule has 0 saturated carbocycles. The molecule has 17 heavy (non-hydrogen) atoms. The predicted molar refractivity (Wildman–Crippen MR) is 72.0 cm³/mol. The smallest absolute Gasteiger partial charge is 0.0578 e. The van der Waals surface area contributed by atoms with Crippen LogP contribution < -0.4 is 0 Å². The maximum Gasteiger partial charge on any atom is 0.0578 e. The first kappa shape index (κ1) is 12.6. The largest absolute Gasteiger partial charge is 0.295 e. The van der Waals surface area contributed by atoms with Crippen molar-refractivity contribution < 1.29 is 0 Å². The van der Waals surface area contributed by atoms with E-state index < -0.39 is 0 Å². The van der Waals surface area contributed by atoms with Gasteiger partial charge in [0.15, 0.2) is 0 Å². The molecule has 0 radical (unpaired) electrons. The highest BCUT2D eigenvalue weighted by Crippen LogP contribution is 2.30. The van der Waals surface area contributed by atoms with Crippen LogP contribution in [0.25, 0.3) is 0 Å². The molecule has 2 heterocycles. The highest BCUT2D eigenvalue weighted by atomic mass is 15.2. The SMILES string of the molecule is Cc1cccc(C2CCCCN2CC(C)C)n1. The van der Waals surface area contributed by atoms with Crippen LogP contribution in [0.15, 0.2) is 18.2 Å². The maximum absolute atomic E-state index is 4.71. The van der Waals surface area contributed by atoms with Gasteiger partial charge in [-0.05, 0) is 44.4 Å². The summed E-state index contributed by atoms with van der Waals surface area (Å²) in [5, 5.41) is 0. The quantitative estimate of drug-likeness (QED) is 0.792. The van der Waals surface area contributed by atoms with Crippen LogP contribution in [-0.2, 0) is 0 Å². The van der Waals surface area contributed by atoms with Crippen molar-refractivity contribution >= 4 is 0 Å². The molecule has 1 atom stereocenters. The van der Waals surface area contributed by atoms with E-state index in [1.807, 2.05) is 0 Å².